The summed E-state index contributed by atoms with van der Waals surface area (Å²) in [6.45, 7) is 19.5. The fourth-order valence-corrected chi connectivity index (χ4v) is 12.2. The third-order valence-corrected chi connectivity index (χ3v) is 15.9. The van der Waals surface area contributed by atoms with Crippen molar-refractivity contribution in [1.82, 2.24) is 0 Å². The topological polar surface area (TPSA) is 6.48 Å². The fraction of sp³-hybridized carbons (Fsp3) is 0.390. The van der Waals surface area contributed by atoms with E-state index in [0.717, 1.165) is 0 Å². The van der Waals surface area contributed by atoms with E-state index in [4.69, 9.17) is 0 Å². The molecule has 3 aliphatic carbocycles. The zero-order valence-electron chi connectivity index (χ0n) is 38.8. The molecule has 0 fully saturated rings. The normalized spacial score (nSPS) is 18.4. The van der Waals surface area contributed by atoms with E-state index in [-0.39, 0.29) is 23.0 Å². The third kappa shape index (κ3) is 6.42. The number of rotatable bonds is 3. The van der Waals surface area contributed by atoms with Crippen LogP contribution in [0.15, 0.2) is 103 Å². The Kier molecular flexibility index (Phi) is 9.32. The summed E-state index contributed by atoms with van der Waals surface area (Å²) in [5.41, 5.74) is 27.1. The molecular weight excluding hydrogens is 747 g/mol. The van der Waals surface area contributed by atoms with Crippen molar-refractivity contribution in [2.24, 2.45) is 0 Å². The molecule has 0 saturated heterocycles. The van der Waals surface area contributed by atoms with Crippen LogP contribution in [0.25, 0.3) is 11.1 Å². The second-order valence-corrected chi connectivity index (χ2v) is 22.1. The molecule has 0 aromatic heterocycles. The summed E-state index contributed by atoms with van der Waals surface area (Å²) in [4.78, 5) is 5.43. The molecule has 0 spiro atoms. The van der Waals surface area contributed by atoms with Gasteiger partial charge in [-0.15, -0.1) is 0 Å². The molecule has 0 atom stereocenters. The van der Waals surface area contributed by atoms with Crippen LogP contribution in [0.3, 0.4) is 0 Å². The molecule has 0 N–H and O–H groups in total. The Morgan fingerprint density at radius 1 is 0.500 bits per heavy atom. The maximum atomic E-state index is 2.72. The smallest absolute Gasteiger partial charge is 0.252 e. The zero-order valence-corrected chi connectivity index (χ0v) is 38.8. The first kappa shape index (κ1) is 39.8. The summed E-state index contributed by atoms with van der Waals surface area (Å²) in [5.74, 6) is 0. The van der Waals surface area contributed by atoms with Gasteiger partial charge in [0.25, 0.3) is 6.71 Å². The monoisotopic (exact) mass is 813 g/mol. The highest BCUT2D eigenvalue weighted by Crippen LogP contribution is 2.52. The average Bonchev–Trinajstić information content (AvgIpc) is 3.64. The van der Waals surface area contributed by atoms with Crippen molar-refractivity contribution in [1.29, 1.82) is 0 Å². The van der Waals surface area contributed by atoms with Crippen molar-refractivity contribution >= 4 is 57.2 Å². The summed E-state index contributed by atoms with van der Waals surface area (Å²) in [5, 5.41) is 0. The lowest BCUT2D eigenvalue weighted by Gasteiger charge is -2.48. The van der Waals surface area contributed by atoms with E-state index in [1.807, 2.05) is 0 Å². The second-order valence-electron chi connectivity index (χ2n) is 22.1. The van der Waals surface area contributed by atoms with Crippen LogP contribution >= 0.6 is 0 Å². The lowest BCUT2D eigenvalue weighted by molar-refractivity contribution is 0.332. The summed E-state index contributed by atoms with van der Waals surface area (Å²) in [7, 11) is 0. The van der Waals surface area contributed by atoms with Crippen LogP contribution in [0.4, 0.5) is 34.1 Å². The Hall–Kier alpha value is -5.02. The van der Waals surface area contributed by atoms with Crippen LogP contribution in [-0.4, -0.2) is 6.71 Å². The highest BCUT2D eigenvalue weighted by molar-refractivity contribution is 7.00. The molecule has 314 valence electrons. The van der Waals surface area contributed by atoms with Crippen molar-refractivity contribution in [2.45, 2.75) is 149 Å². The fourth-order valence-electron chi connectivity index (χ4n) is 12.2. The largest absolute Gasteiger partial charge is 0.311 e. The van der Waals surface area contributed by atoms with E-state index in [9.17, 15) is 0 Å². The number of anilines is 6. The summed E-state index contributed by atoms with van der Waals surface area (Å²) >= 11 is 0. The van der Waals surface area contributed by atoms with Crippen molar-refractivity contribution < 1.29 is 0 Å². The number of fused-ring (bicyclic) bond motifs is 7. The van der Waals surface area contributed by atoms with Crippen molar-refractivity contribution in [3.05, 3.63) is 148 Å². The van der Waals surface area contributed by atoms with Crippen LogP contribution in [-0.2, 0) is 41.9 Å². The van der Waals surface area contributed by atoms with Gasteiger partial charge in [-0.3, -0.25) is 0 Å². The van der Waals surface area contributed by atoms with Gasteiger partial charge in [-0.25, -0.2) is 0 Å². The molecule has 3 heteroatoms. The summed E-state index contributed by atoms with van der Waals surface area (Å²) in [6.07, 6.45) is 14.9. The van der Waals surface area contributed by atoms with Gasteiger partial charge >= 0.3 is 0 Å². The van der Waals surface area contributed by atoms with E-state index in [0.29, 0.717) is 0 Å². The Bertz CT molecular complexity index is 2760. The van der Waals surface area contributed by atoms with Crippen LogP contribution in [0.1, 0.15) is 144 Å². The van der Waals surface area contributed by atoms with Gasteiger partial charge in [-0.2, -0.15) is 0 Å². The second kappa shape index (κ2) is 14.5. The first-order valence-electron chi connectivity index (χ1n) is 24.2. The van der Waals surface area contributed by atoms with Gasteiger partial charge in [0, 0.05) is 34.0 Å². The molecule has 2 heterocycles. The van der Waals surface area contributed by atoms with E-state index < -0.39 is 0 Å². The van der Waals surface area contributed by atoms with E-state index >= 15 is 0 Å². The van der Waals surface area contributed by atoms with Crippen LogP contribution in [0, 0.1) is 6.92 Å². The SMILES string of the molecule is Cc1cc2c3c(c1)N(c1ccc(C(C)(C)C)cc1-c1ccccc1)c1cc4c(cc1B3c1cc3c(cc1N2c1ccc2c(c1)CCCCC2)CCCCC3)C(C)(C)CCC4(C)C. The van der Waals surface area contributed by atoms with Gasteiger partial charge in [0.15, 0.2) is 0 Å². The molecule has 5 aliphatic rings. The molecule has 6 aromatic carbocycles. The summed E-state index contributed by atoms with van der Waals surface area (Å²) < 4.78 is 0. The zero-order chi connectivity index (χ0) is 42.7. The number of benzene rings is 6. The van der Waals surface area contributed by atoms with E-state index in [2.05, 4.69) is 168 Å². The van der Waals surface area contributed by atoms with Gasteiger partial charge in [0.05, 0.1) is 5.69 Å². The number of nitrogens with zero attached hydrogens (tertiary/aromatic N) is 2. The molecule has 2 nitrogen and oxygen atoms in total. The molecule has 0 amide bonds. The number of hydrogen-bond acceptors (Lipinski definition) is 2. The number of hydrogen-bond donors (Lipinski definition) is 0. The lowest BCUT2D eigenvalue weighted by Crippen LogP contribution is -2.62. The quantitative estimate of drug-likeness (QED) is 0.130. The maximum absolute atomic E-state index is 2.72. The van der Waals surface area contributed by atoms with Gasteiger partial charge < -0.3 is 9.80 Å². The predicted molar refractivity (Wildman–Crippen MR) is 267 cm³/mol. The standard InChI is InChI=1S/C59H65BN2/c1-38-30-54-56-55(31-38)62(51-27-25-44(57(2,3)4)35-46(51)40-19-13-10-14-20-40)53-37-48-47(58(5,6)28-29-59(48,7)8)36-50(53)60(56)49-33-42-22-16-11-17-23-43(42)34-52(49)61(54)45-26-24-39-18-12-9-15-21-41(39)32-45/h10,13-14,19-20,24-27,30-37H,9,11-12,15-18,21-23,28-29H2,1-8H3. The third-order valence-electron chi connectivity index (χ3n) is 15.9. The molecular formula is C59H65BN2. The molecule has 0 saturated carbocycles. The summed E-state index contributed by atoms with van der Waals surface area (Å²) in [6, 6.07) is 41.9. The Labute approximate surface area is 372 Å². The van der Waals surface area contributed by atoms with Crippen LogP contribution < -0.4 is 26.2 Å². The maximum Gasteiger partial charge on any atom is 0.252 e. The Morgan fingerprint density at radius 2 is 1.08 bits per heavy atom. The molecule has 62 heavy (non-hydrogen) atoms. The molecule has 0 radical (unpaired) electrons. The highest BCUT2D eigenvalue weighted by atomic mass is 15.2. The molecule has 0 unspecified atom stereocenters. The Morgan fingerprint density at radius 3 is 1.76 bits per heavy atom. The average molecular weight is 813 g/mol. The van der Waals surface area contributed by atoms with Gasteiger partial charge in [0.2, 0.25) is 0 Å². The van der Waals surface area contributed by atoms with Crippen LogP contribution in [0.5, 0.6) is 0 Å². The predicted octanol–water partition coefficient (Wildman–Crippen LogP) is 13.9. The van der Waals surface area contributed by atoms with Crippen molar-refractivity contribution in [3.63, 3.8) is 0 Å². The van der Waals surface area contributed by atoms with E-state index in [1.165, 1.54) is 155 Å². The lowest BCUT2D eigenvalue weighted by atomic mass is 9.33. The van der Waals surface area contributed by atoms with E-state index in [1.54, 1.807) is 27.8 Å². The minimum absolute atomic E-state index is 0.0141. The molecule has 11 rings (SSSR count). The van der Waals surface area contributed by atoms with Gasteiger partial charge in [-0.05, 0) is 202 Å². The highest BCUT2D eigenvalue weighted by Gasteiger charge is 2.47. The first-order valence-corrected chi connectivity index (χ1v) is 24.2. The molecule has 2 aliphatic heterocycles. The van der Waals surface area contributed by atoms with Crippen molar-refractivity contribution in [3.8, 4) is 11.1 Å². The Balaban J connectivity index is 1.26. The minimum atomic E-state index is 0.0141. The molecule has 6 aromatic rings. The van der Waals surface area contributed by atoms with Gasteiger partial charge in [0.1, 0.15) is 0 Å². The molecule has 0 bridgehead atoms. The van der Waals surface area contributed by atoms with Gasteiger partial charge in [-0.1, -0.05) is 116 Å². The van der Waals surface area contributed by atoms with Crippen molar-refractivity contribution in [2.75, 3.05) is 9.80 Å². The minimum Gasteiger partial charge on any atom is -0.311 e. The number of aryl methyl sites for hydroxylation is 5. The first-order chi connectivity index (χ1) is 29.8. The van der Waals surface area contributed by atoms with Crippen LogP contribution in [0.2, 0.25) is 0 Å².